The van der Waals surface area contributed by atoms with Gasteiger partial charge >= 0.3 is 0 Å². The fourth-order valence-corrected chi connectivity index (χ4v) is 3.81. The third-order valence-corrected chi connectivity index (χ3v) is 4.93. The third-order valence-electron chi connectivity index (χ3n) is 4.93. The first kappa shape index (κ1) is 14.3. The average molecular weight is 308 g/mol. The van der Waals surface area contributed by atoms with Crippen LogP contribution in [-0.2, 0) is 6.54 Å². The van der Waals surface area contributed by atoms with Gasteiger partial charge in [0.2, 0.25) is 0 Å². The lowest BCUT2D eigenvalue weighted by Crippen LogP contribution is -2.33. The number of carbonyl (C=O) groups excluding carboxylic acids is 1. The van der Waals surface area contributed by atoms with Crippen LogP contribution in [0.25, 0.3) is 0 Å². The first-order chi connectivity index (χ1) is 11.3. The van der Waals surface area contributed by atoms with E-state index < -0.39 is 0 Å². The molecule has 2 saturated heterocycles. The van der Waals surface area contributed by atoms with Crippen LogP contribution >= 0.6 is 0 Å². The molecule has 1 amide bonds. The van der Waals surface area contributed by atoms with E-state index in [1.807, 2.05) is 17.3 Å². The SMILES string of the molecule is O=C(c1ccncc1)N1CC2CN(Cc3ccncc3)CC2C1. The lowest BCUT2D eigenvalue weighted by molar-refractivity contribution is 0.0773. The number of aromatic nitrogens is 2. The first-order valence-electron chi connectivity index (χ1n) is 8.10. The molecule has 0 saturated carbocycles. The van der Waals surface area contributed by atoms with Crippen molar-refractivity contribution in [2.24, 2.45) is 11.8 Å². The Morgan fingerprint density at radius 2 is 1.48 bits per heavy atom. The van der Waals surface area contributed by atoms with Gasteiger partial charge in [-0.1, -0.05) is 0 Å². The summed E-state index contributed by atoms with van der Waals surface area (Å²) in [6.07, 6.45) is 7.06. The highest BCUT2D eigenvalue weighted by Gasteiger charge is 2.41. The van der Waals surface area contributed by atoms with E-state index in [4.69, 9.17) is 0 Å². The van der Waals surface area contributed by atoms with Gasteiger partial charge in [0.05, 0.1) is 0 Å². The zero-order chi connectivity index (χ0) is 15.6. The zero-order valence-corrected chi connectivity index (χ0v) is 13.0. The number of hydrogen-bond acceptors (Lipinski definition) is 4. The van der Waals surface area contributed by atoms with Gasteiger partial charge in [0.1, 0.15) is 0 Å². The molecule has 2 unspecified atom stereocenters. The van der Waals surface area contributed by atoms with E-state index >= 15 is 0 Å². The maximum atomic E-state index is 12.5. The largest absolute Gasteiger partial charge is 0.338 e. The van der Waals surface area contributed by atoms with E-state index in [0.717, 1.165) is 38.3 Å². The fourth-order valence-electron chi connectivity index (χ4n) is 3.81. The summed E-state index contributed by atoms with van der Waals surface area (Å²) in [5.41, 5.74) is 2.05. The summed E-state index contributed by atoms with van der Waals surface area (Å²) >= 11 is 0. The van der Waals surface area contributed by atoms with Crippen LogP contribution in [0.15, 0.2) is 49.1 Å². The van der Waals surface area contributed by atoms with Crippen LogP contribution in [0.1, 0.15) is 15.9 Å². The van der Waals surface area contributed by atoms with Crippen molar-refractivity contribution in [2.75, 3.05) is 26.2 Å². The Labute approximate surface area is 136 Å². The van der Waals surface area contributed by atoms with Crippen LogP contribution in [0.2, 0.25) is 0 Å². The summed E-state index contributed by atoms with van der Waals surface area (Å²) in [5, 5.41) is 0. The summed E-state index contributed by atoms with van der Waals surface area (Å²) in [7, 11) is 0. The fraction of sp³-hybridized carbons (Fsp3) is 0.389. The quantitative estimate of drug-likeness (QED) is 0.865. The summed E-state index contributed by atoms with van der Waals surface area (Å²) in [4.78, 5) is 25.1. The Hall–Kier alpha value is -2.27. The van der Waals surface area contributed by atoms with Crippen molar-refractivity contribution in [1.82, 2.24) is 19.8 Å². The molecule has 118 valence electrons. The summed E-state index contributed by atoms with van der Waals surface area (Å²) < 4.78 is 0. The predicted molar refractivity (Wildman–Crippen MR) is 86.6 cm³/mol. The predicted octanol–water partition coefficient (Wildman–Crippen LogP) is 1.68. The smallest absolute Gasteiger partial charge is 0.253 e. The molecule has 0 aromatic carbocycles. The number of likely N-dealkylation sites (tertiary alicyclic amines) is 2. The molecule has 5 heteroatoms. The Bertz CT molecular complexity index is 662. The number of pyridine rings is 2. The summed E-state index contributed by atoms with van der Waals surface area (Å²) in [6, 6.07) is 7.75. The normalized spacial score (nSPS) is 23.9. The van der Waals surface area contributed by atoms with Crippen molar-refractivity contribution in [3.63, 3.8) is 0 Å². The molecule has 0 bridgehead atoms. The number of hydrogen-bond donors (Lipinski definition) is 0. The molecular formula is C18H20N4O. The van der Waals surface area contributed by atoms with Gasteiger partial charge in [-0.3, -0.25) is 19.7 Å². The van der Waals surface area contributed by atoms with Crippen LogP contribution in [-0.4, -0.2) is 51.9 Å². The molecule has 2 aromatic rings. The van der Waals surface area contributed by atoms with E-state index in [-0.39, 0.29) is 5.91 Å². The zero-order valence-electron chi connectivity index (χ0n) is 13.0. The number of fused-ring (bicyclic) bond motifs is 1. The first-order valence-corrected chi connectivity index (χ1v) is 8.10. The molecule has 2 atom stereocenters. The van der Waals surface area contributed by atoms with Crippen molar-refractivity contribution in [1.29, 1.82) is 0 Å². The standard InChI is InChI=1S/C18H20N4O/c23-18(15-3-7-20-8-4-15)22-12-16-10-21(11-17(16)13-22)9-14-1-5-19-6-2-14/h1-8,16-17H,9-13H2. The molecule has 2 aliphatic heterocycles. The van der Waals surface area contributed by atoms with Gasteiger partial charge in [0, 0.05) is 63.1 Å². The van der Waals surface area contributed by atoms with E-state index in [2.05, 4.69) is 27.0 Å². The minimum atomic E-state index is 0.141. The summed E-state index contributed by atoms with van der Waals surface area (Å²) in [6.45, 7) is 4.88. The van der Waals surface area contributed by atoms with Gasteiger partial charge < -0.3 is 4.90 Å². The van der Waals surface area contributed by atoms with Crippen LogP contribution < -0.4 is 0 Å². The van der Waals surface area contributed by atoms with Gasteiger partial charge in [0.15, 0.2) is 0 Å². The second-order valence-corrected chi connectivity index (χ2v) is 6.52. The molecule has 0 N–H and O–H groups in total. The molecule has 2 fully saturated rings. The molecule has 0 aliphatic carbocycles. The second-order valence-electron chi connectivity index (χ2n) is 6.52. The maximum Gasteiger partial charge on any atom is 0.253 e. The molecular weight excluding hydrogens is 288 g/mol. The van der Waals surface area contributed by atoms with Crippen LogP contribution in [0.4, 0.5) is 0 Å². The van der Waals surface area contributed by atoms with E-state index in [1.54, 1.807) is 24.5 Å². The highest BCUT2D eigenvalue weighted by molar-refractivity contribution is 5.94. The van der Waals surface area contributed by atoms with Gasteiger partial charge in [-0.15, -0.1) is 0 Å². The minimum absolute atomic E-state index is 0.141. The van der Waals surface area contributed by atoms with Gasteiger partial charge in [-0.25, -0.2) is 0 Å². The number of carbonyl (C=O) groups is 1. The molecule has 4 heterocycles. The number of amides is 1. The minimum Gasteiger partial charge on any atom is -0.338 e. The lowest BCUT2D eigenvalue weighted by atomic mass is 10.0. The topological polar surface area (TPSA) is 49.3 Å². The van der Waals surface area contributed by atoms with Crippen LogP contribution in [0, 0.1) is 11.8 Å². The Morgan fingerprint density at radius 3 is 2.09 bits per heavy atom. The van der Waals surface area contributed by atoms with Crippen molar-refractivity contribution in [3.05, 3.63) is 60.2 Å². The van der Waals surface area contributed by atoms with E-state index in [0.29, 0.717) is 11.8 Å². The number of rotatable bonds is 3. The third kappa shape index (κ3) is 2.97. The Balaban J connectivity index is 1.36. The molecule has 0 radical (unpaired) electrons. The van der Waals surface area contributed by atoms with Crippen molar-refractivity contribution in [2.45, 2.75) is 6.54 Å². The van der Waals surface area contributed by atoms with Crippen LogP contribution in [0.5, 0.6) is 0 Å². The van der Waals surface area contributed by atoms with E-state index in [1.165, 1.54) is 5.56 Å². The van der Waals surface area contributed by atoms with Crippen molar-refractivity contribution in [3.8, 4) is 0 Å². The molecule has 5 nitrogen and oxygen atoms in total. The van der Waals surface area contributed by atoms with Crippen molar-refractivity contribution >= 4 is 5.91 Å². The van der Waals surface area contributed by atoms with Crippen LogP contribution in [0.3, 0.4) is 0 Å². The molecule has 4 rings (SSSR count). The molecule has 2 aromatic heterocycles. The monoisotopic (exact) mass is 308 g/mol. The average Bonchev–Trinajstić information content (AvgIpc) is 3.14. The van der Waals surface area contributed by atoms with E-state index in [9.17, 15) is 4.79 Å². The highest BCUT2D eigenvalue weighted by Crippen LogP contribution is 2.32. The second kappa shape index (κ2) is 6.08. The van der Waals surface area contributed by atoms with Gasteiger partial charge in [-0.05, 0) is 41.7 Å². The molecule has 23 heavy (non-hydrogen) atoms. The molecule has 2 aliphatic rings. The summed E-state index contributed by atoms with van der Waals surface area (Å²) in [5.74, 6) is 1.34. The number of nitrogens with zero attached hydrogens (tertiary/aromatic N) is 4. The Morgan fingerprint density at radius 1 is 0.913 bits per heavy atom. The van der Waals surface area contributed by atoms with Gasteiger partial charge in [-0.2, -0.15) is 0 Å². The van der Waals surface area contributed by atoms with Gasteiger partial charge in [0.25, 0.3) is 5.91 Å². The lowest BCUT2D eigenvalue weighted by Gasteiger charge is -2.21. The maximum absolute atomic E-state index is 12.5. The molecule has 0 spiro atoms. The van der Waals surface area contributed by atoms with Crippen molar-refractivity contribution < 1.29 is 4.79 Å². The highest BCUT2D eigenvalue weighted by atomic mass is 16.2. The Kier molecular flexibility index (Phi) is 3.79.